The molecule has 2 amide bonds. The number of halogens is 3. The standard InChI is InChI=1S/C30H34ClF2N3O3/c1-16-12-21(20-7-6-19(32)14-25(20)33)22(13-16)28(38)36-10-8-30(9-11-36)26-23(15-24(31)17(2)34-26)27(39-30)29(4,5)35-18(3)37/h6-7,14-15,21-22,27H,1,8-13H2,2-5H3,(H,35,37)/t21-,22?,27?/m0/s1. The Morgan fingerprint density at radius 3 is 2.51 bits per heavy atom. The molecule has 1 N–H and O–H groups in total. The summed E-state index contributed by atoms with van der Waals surface area (Å²) in [4.78, 5) is 32.4. The van der Waals surface area contributed by atoms with Gasteiger partial charge in [-0.15, -0.1) is 0 Å². The number of carbonyl (C=O) groups is 2. The lowest BCUT2D eigenvalue weighted by Crippen LogP contribution is -2.50. The lowest BCUT2D eigenvalue weighted by molar-refractivity contribution is -0.154. The number of carbonyl (C=O) groups excluding carboxylic acids is 2. The minimum atomic E-state index is -0.719. The summed E-state index contributed by atoms with van der Waals surface area (Å²) in [7, 11) is 0. The van der Waals surface area contributed by atoms with Gasteiger partial charge in [0.2, 0.25) is 11.8 Å². The molecule has 3 aliphatic rings. The van der Waals surface area contributed by atoms with Gasteiger partial charge in [-0.1, -0.05) is 29.8 Å². The van der Waals surface area contributed by atoms with Crippen LogP contribution in [-0.4, -0.2) is 40.3 Å². The summed E-state index contributed by atoms with van der Waals surface area (Å²) in [6.07, 6.45) is 1.56. The second kappa shape index (κ2) is 9.97. The number of rotatable bonds is 4. The minimum absolute atomic E-state index is 0.0502. The van der Waals surface area contributed by atoms with Crippen molar-refractivity contribution < 1.29 is 23.1 Å². The van der Waals surface area contributed by atoms with E-state index in [1.54, 1.807) is 0 Å². The van der Waals surface area contributed by atoms with Crippen LogP contribution in [0.25, 0.3) is 0 Å². The molecule has 1 aliphatic carbocycles. The molecule has 5 rings (SSSR count). The molecule has 0 radical (unpaired) electrons. The summed E-state index contributed by atoms with van der Waals surface area (Å²) in [6.45, 7) is 12.1. The van der Waals surface area contributed by atoms with Crippen molar-refractivity contribution in [1.29, 1.82) is 0 Å². The number of amides is 2. The highest BCUT2D eigenvalue weighted by Crippen LogP contribution is 2.53. The number of allylic oxidation sites excluding steroid dienone is 1. The molecule has 9 heteroatoms. The van der Waals surface area contributed by atoms with Crippen molar-refractivity contribution in [2.24, 2.45) is 5.92 Å². The van der Waals surface area contributed by atoms with E-state index in [-0.39, 0.29) is 17.7 Å². The van der Waals surface area contributed by atoms with Gasteiger partial charge < -0.3 is 15.0 Å². The molecule has 1 saturated carbocycles. The minimum Gasteiger partial charge on any atom is -0.358 e. The Morgan fingerprint density at radius 2 is 1.87 bits per heavy atom. The Bertz CT molecular complexity index is 1350. The molecule has 1 aromatic heterocycles. The summed E-state index contributed by atoms with van der Waals surface area (Å²) < 4.78 is 35.0. The largest absolute Gasteiger partial charge is 0.358 e. The van der Waals surface area contributed by atoms with E-state index in [0.717, 1.165) is 22.9 Å². The number of fused-ring (bicyclic) bond motifs is 2. The smallest absolute Gasteiger partial charge is 0.226 e. The first-order valence-corrected chi connectivity index (χ1v) is 13.7. The lowest BCUT2D eigenvalue weighted by atomic mass is 9.83. The number of nitrogens with one attached hydrogen (secondary N) is 1. The summed E-state index contributed by atoms with van der Waals surface area (Å²) >= 11 is 6.46. The van der Waals surface area contributed by atoms with Gasteiger partial charge in [0.1, 0.15) is 23.3 Å². The maximum absolute atomic E-state index is 14.7. The van der Waals surface area contributed by atoms with E-state index in [2.05, 4.69) is 11.9 Å². The SMILES string of the molecule is C=C1CC(C(=O)N2CCC3(CC2)OC(C(C)(C)NC(C)=O)c2cc(Cl)c(C)nc23)[C@H](c2ccc(F)cc2F)C1. The van der Waals surface area contributed by atoms with Crippen molar-refractivity contribution in [2.75, 3.05) is 13.1 Å². The molecule has 2 fully saturated rings. The molecular formula is C30H34ClF2N3O3. The van der Waals surface area contributed by atoms with Crippen LogP contribution in [0.4, 0.5) is 8.78 Å². The van der Waals surface area contributed by atoms with E-state index in [0.29, 0.717) is 55.1 Å². The van der Waals surface area contributed by atoms with Crippen LogP contribution >= 0.6 is 11.6 Å². The van der Waals surface area contributed by atoms with Gasteiger partial charge in [-0.2, -0.15) is 0 Å². The van der Waals surface area contributed by atoms with Crippen molar-refractivity contribution in [1.82, 2.24) is 15.2 Å². The number of likely N-dealkylation sites (tertiary alicyclic amines) is 1. The molecule has 1 saturated heterocycles. The normalized spacial score (nSPS) is 24.2. The van der Waals surface area contributed by atoms with Crippen LogP contribution in [0.1, 0.15) is 81.0 Å². The topological polar surface area (TPSA) is 71.5 Å². The van der Waals surface area contributed by atoms with Gasteiger partial charge in [0.05, 0.1) is 21.9 Å². The lowest BCUT2D eigenvalue weighted by Gasteiger charge is -2.42. The van der Waals surface area contributed by atoms with Gasteiger partial charge in [-0.3, -0.25) is 14.6 Å². The summed E-state index contributed by atoms with van der Waals surface area (Å²) in [6, 6.07) is 5.43. The Hall–Kier alpha value is -2.84. The zero-order chi connectivity index (χ0) is 28.3. The summed E-state index contributed by atoms with van der Waals surface area (Å²) in [5, 5.41) is 3.53. The molecule has 2 aliphatic heterocycles. The molecule has 1 aromatic carbocycles. The molecular weight excluding hydrogens is 524 g/mol. The number of benzene rings is 1. The highest BCUT2D eigenvalue weighted by atomic mass is 35.5. The molecule has 39 heavy (non-hydrogen) atoms. The molecule has 2 unspecified atom stereocenters. The number of pyridine rings is 1. The van der Waals surface area contributed by atoms with Crippen LogP contribution in [0.5, 0.6) is 0 Å². The maximum atomic E-state index is 14.7. The molecule has 0 bridgehead atoms. The molecule has 6 nitrogen and oxygen atoms in total. The first-order valence-electron chi connectivity index (χ1n) is 13.4. The molecule has 3 atom stereocenters. The third kappa shape index (κ3) is 4.97. The van der Waals surface area contributed by atoms with E-state index in [1.807, 2.05) is 31.7 Å². The maximum Gasteiger partial charge on any atom is 0.226 e. The second-order valence-corrected chi connectivity index (χ2v) is 12.2. The number of ether oxygens (including phenoxy) is 1. The van der Waals surface area contributed by atoms with Crippen LogP contribution in [0.3, 0.4) is 0 Å². The Kier molecular flexibility index (Phi) is 7.08. The van der Waals surface area contributed by atoms with Crippen LogP contribution in [0.15, 0.2) is 36.4 Å². The fraction of sp³-hybridized carbons (Fsp3) is 0.500. The molecule has 1 spiro atoms. The zero-order valence-corrected chi connectivity index (χ0v) is 23.5. The average molecular weight is 558 g/mol. The fourth-order valence-electron chi connectivity index (χ4n) is 6.62. The highest BCUT2D eigenvalue weighted by molar-refractivity contribution is 6.31. The zero-order valence-electron chi connectivity index (χ0n) is 22.7. The number of aromatic nitrogens is 1. The monoisotopic (exact) mass is 557 g/mol. The van der Waals surface area contributed by atoms with Crippen LogP contribution < -0.4 is 5.32 Å². The van der Waals surface area contributed by atoms with Gasteiger partial charge in [0.15, 0.2) is 0 Å². The fourth-order valence-corrected chi connectivity index (χ4v) is 6.78. The molecule has 3 heterocycles. The summed E-state index contributed by atoms with van der Waals surface area (Å²) in [5.74, 6) is -2.31. The molecule has 208 valence electrons. The Balaban J connectivity index is 1.38. The van der Waals surface area contributed by atoms with Crippen LogP contribution in [-0.2, 0) is 19.9 Å². The van der Waals surface area contributed by atoms with Crippen LogP contribution in [0, 0.1) is 24.5 Å². The van der Waals surface area contributed by atoms with Gasteiger partial charge in [-0.05, 0) is 64.2 Å². The van der Waals surface area contributed by atoms with Gasteiger partial charge in [0, 0.05) is 43.5 Å². The number of aryl methyl sites for hydroxylation is 1. The Labute approximate surface area is 232 Å². The predicted molar refractivity (Wildman–Crippen MR) is 144 cm³/mol. The van der Waals surface area contributed by atoms with Crippen molar-refractivity contribution in [3.05, 3.63) is 75.6 Å². The van der Waals surface area contributed by atoms with Crippen molar-refractivity contribution in [3.8, 4) is 0 Å². The van der Waals surface area contributed by atoms with Crippen molar-refractivity contribution in [3.63, 3.8) is 0 Å². The van der Waals surface area contributed by atoms with Gasteiger partial charge in [0.25, 0.3) is 0 Å². The van der Waals surface area contributed by atoms with E-state index >= 15 is 0 Å². The second-order valence-electron chi connectivity index (χ2n) is 11.8. The summed E-state index contributed by atoms with van der Waals surface area (Å²) in [5.41, 5.74) is 2.17. The van der Waals surface area contributed by atoms with Gasteiger partial charge in [-0.25, -0.2) is 8.78 Å². The number of nitrogens with zero attached hydrogens (tertiary/aromatic N) is 2. The highest BCUT2D eigenvalue weighted by Gasteiger charge is 2.53. The first-order chi connectivity index (χ1) is 18.3. The number of hydrogen-bond acceptors (Lipinski definition) is 4. The predicted octanol–water partition coefficient (Wildman–Crippen LogP) is 5.88. The number of hydrogen-bond donors (Lipinski definition) is 1. The number of piperidine rings is 1. The first kappa shape index (κ1) is 27.7. The van der Waals surface area contributed by atoms with E-state index < -0.39 is 34.8 Å². The quantitative estimate of drug-likeness (QED) is 0.477. The van der Waals surface area contributed by atoms with Crippen LogP contribution in [0.2, 0.25) is 5.02 Å². The van der Waals surface area contributed by atoms with E-state index in [9.17, 15) is 18.4 Å². The van der Waals surface area contributed by atoms with E-state index in [1.165, 1.54) is 19.1 Å². The van der Waals surface area contributed by atoms with E-state index in [4.69, 9.17) is 21.3 Å². The third-order valence-corrected chi connectivity index (χ3v) is 8.84. The van der Waals surface area contributed by atoms with Gasteiger partial charge >= 0.3 is 0 Å². The van der Waals surface area contributed by atoms with Crippen molar-refractivity contribution >= 4 is 23.4 Å². The van der Waals surface area contributed by atoms with Crippen molar-refractivity contribution in [2.45, 2.75) is 76.5 Å². The average Bonchev–Trinajstić information content (AvgIpc) is 3.37. The third-order valence-electron chi connectivity index (χ3n) is 8.46. The Morgan fingerprint density at radius 1 is 1.18 bits per heavy atom. The molecule has 2 aromatic rings.